The lowest BCUT2D eigenvalue weighted by Crippen LogP contribution is -2.31. The minimum absolute atomic E-state index is 0.107. The van der Waals surface area contributed by atoms with Crippen molar-refractivity contribution >= 4 is 5.69 Å². The highest BCUT2D eigenvalue weighted by Crippen LogP contribution is 2.25. The molecule has 120 valence electrons. The van der Waals surface area contributed by atoms with Crippen LogP contribution >= 0.6 is 0 Å². The summed E-state index contributed by atoms with van der Waals surface area (Å²) in [6.45, 7) is 14.3. The molecule has 21 heavy (non-hydrogen) atoms. The minimum atomic E-state index is -0.107. The first-order valence-electron chi connectivity index (χ1n) is 8.22. The Hall–Kier alpha value is -1.09. The van der Waals surface area contributed by atoms with Crippen LogP contribution in [-0.2, 0) is 6.54 Å². The van der Waals surface area contributed by atoms with Crippen LogP contribution in [0.5, 0.6) is 0 Å². The Kier molecular flexibility index (Phi) is 7.73. The van der Waals surface area contributed by atoms with Crippen LogP contribution < -0.4 is 10.2 Å². The normalized spacial score (nSPS) is 12.7. The summed E-state index contributed by atoms with van der Waals surface area (Å²) in [6.07, 6.45) is 1.12. The summed E-state index contributed by atoms with van der Waals surface area (Å²) in [5, 5.41) is 3.42. The molecule has 1 rings (SSSR count). The molecule has 1 aromatic rings. The van der Waals surface area contributed by atoms with Gasteiger partial charge in [0.2, 0.25) is 0 Å². The molecule has 0 saturated carbocycles. The van der Waals surface area contributed by atoms with Crippen molar-refractivity contribution in [3.63, 3.8) is 0 Å². The average molecular weight is 294 g/mol. The molecule has 3 heteroatoms. The molecule has 0 radical (unpaired) electrons. The van der Waals surface area contributed by atoms with Gasteiger partial charge in [0.05, 0.1) is 5.69 Å². The number of nitrogens with zero attached hydrogens (tertiary/aromatic N) is 1. The summed E-state index contributed by atoms with van der Waals surface area (Å²) < 4.78 is 14.4. The topological polar surface area (TPSA) is 15.3 Å². The van der Waals surface area contributed by atoms with Gasteiger partial charge in [-0.1, -0.05) is 46.2 Å². The van der Waals surface area contributed by atoms with E-state index in [0.717, 1.165) is 43.9 Å². The summed E-state index contributed by atoms with van der Waals surface area (Å²) in [6, 6.07) is 5.41. The van der Waals surface area contributed by atoms with Crippen LogP contribution in [0.4, 0.5) is 10.1 Å². The number of halogens is 1. The number of para-hydroxylation sites is 1. The molecule has 0 heterocycles. The fraction of sp³-hybridized carbons (Fsp3) is 0.667. The molecule has 0 saturated heterocycles. The lowest BCUT2D eigenvalue weighted by molar-refractivity contribution is 0.529. The van der Waals surface area contributed by atoms with Gasteiger partial charge >= 0.3 is 0 Å². The Labute approximate surface area is 129 Å². The molecule has 0 amide bonds. The van der Waals surface area contributed by atoms with E-state index < -0.39 is 0 Å². The second-order valence-electron chi connectivity index (χ2n) is 6.32. The zero-order valence-electron chi connectivity index (χ0n) is 14.2. The van der Waals surface area contributed by atoms with Crippen molar-refractivity contribution in [2.24, 2.45) is 11.8 Å². The van der Waals surface area contributed by atoms with Crippen molar-refractivity contribution in [1.82, 2.24) is 5.32 Å². The maximum atomic E-state index is 14.4. The molecular formula is C18H31FN2. The summed E-state index contributed by atoms with van der Waals surface area (Å²) in [5.41, 5.74) is 1.83. The molecule has 2 nitrogen and oxygen atoms in total. The van der Waals surface area contributed by atoms with Crippen LogP contribution in [0.2, 0.25) is 0 Å². The predicted molar refractivity (Wildman–Crippen MR) is 90.3 cm³/mol. The fourth-order valence-corrected chi connectivity index (χ4v) is 2.44. The molecule has 0 spiro atoms. The molecule has 0 aliphatic carbocycles. The van der Waals surface area contributed by atoms with Crippen LogP contribution in [0.25, 0.3) is 0 Å². The predicted octanol–water partition coefficient (Wildman–Crippen LogP) is 4.44. The Morgan fingerprint density at radius 1 is 1.19 bits per heavy atom. The zero-order chi connectivity index (χ0) is 15.8. The highest BCUT2D eigenvalue weighted by atomic mass is 19.1. The van der Waals surface area contributed by atoms with E-state index in [1.165, 1.54) is 0 Å². The monoisotopic (exact) mass is 294 g/mol. The van der Waals surface area contributed by atoms with Crippen LogP contribution in [0, 0.1) is 17.7 Å². The third-order valence-corrected chi connectivity index (χ3v) is 3.87. The first kappa shape index (κ1) is 18.0. The van der Waals surface area contributed by atoms with E-state index in [2.05, 4.69) is 44.8 Å². The van der Waals surface area contributed by atoms with E-state index in [1.54, 1.807) is 6.07 Å². The van der Waals surface area contributed by atoms with Gasteiger partial charge in [0, 0.05) is 19.6 Å². The quantitative estimate of drug-likeness (QED) is 0.724. The SMILES string of the molecule is CCC(C)CN(CC)c1c(F)cccc1CNCC(C)C. The first-order chi connectivity index (χ1) is 9.99. The van der Waals surface area contributed by atoms with Crippen molar-refractivity contribution in [2.45, 2.75) is 47.6 Å². The van der Waals surface area contributed by atoms with Gasteiger partial charge in [-0.15, -0.1) is 0 Å². The van der Waals surface area contributed by atoms with Gasteiger partial charge < -0.3 is 10.2 Å². The molecule has 0 aromatic heterocycles. The van der Waals surface area contributed by atoms with E-state index >= 15 is 0 Å². The Balaban J connectivity index is 2.91. The lowest BCUT2D eigenvalue weighted by Gasteiger charge is -2.29. The van der Waals surface area contributed by atoms with Crippen molar-refractivity contribution in [3.8, 4) is 0 Å². The maximum Gasteiger partial charge on any atom is 0.146 e. The highest BCUT2D eigenvalue weighted by molar-refractivity contribution is 5.55. The Morgan fingerprint density at radius 3 is 2.48 bits per heavy atom. The molecular weight excluding hydrogens is 263 g/mol. The number of hydrogen-bond donors (Lipinski definition) is 1. The first-order valence-corrected chi connectivity index (χ1v) is 8.22. The van der Waals surface area contributed by atoms with E-state index in [0.29, 0.717) is 11.8 Å². The van der Waals surface area contributed by atoms with Crippen molar-refractivity contribution in [1.29, 1.82) is 0 Å². The van der Waals surface area contributed by atoms with Crippen molar-refractivity contribution in [2.75, 3.05) is 24.5 Å². The smallest absolute Gasteiger partial charge is 0.146 e. The number of benzene rings is 1. The molecule has 1 unspecified atom stereocenters. The van der Waals surface area contributed by atoms with E-state index in [-0.39, 0.29) is 5.82 Å². The Morgan fingerprint density at radius 2 is 1.90 bits per heavy atom. The van der Waals surface area contributed by atoms with E-state index in [1.807, 2.05) is 12.1 Å². The molecule has 0 aliphatic rings. The maximum absolute atomic E-state index is 14.4. The van der Waals surface area contributed by atoms with Gasteiger partial charge in [-0.2, -0.15) is 0 Å². The molecule has 1 N–H and O–H groups in total. The summed E-state index contributed by atoms with van der Waals surface area (Å²) in [5.74, 6) is 1.06. The third-order valence-electron chi connectivity index (χ3n) is 3.87. The summed E-state index contributed by atoms with van der Waals surface area (Å²) >= 11 is 0. The number of hydrogen-bond acceptors (Lipinski definition) is 2. The number of rotatable bonds is 9. The van der Waals surface area contributed by atoms with E-state index in [9.17, 15) is 4.39 Å². The molecule has 0 bridgehead atoms. The molecule has 0 fully saturated rings. The average Bonchev–Trinajstić information content (AvgIpc) is 2.45. The van der Waals surface area contributed by atoms with Crippen LogP contribution in [0.1, 0.15) is 46.6 Å². The van der Waals surface area contributed by atoms with Gasteiger partial charge in [0.1, 0.15) is 5.82 Å². The largest absolute Gasteiger partial charge is 0.369 e. The van der Waals surface area contributed by atoms with Crippen molar-refractivity contribution < 1.29 is 4.39 Å². The van der Waals surface area contributed by atoms with Gasteiger partial charge in [0.15, 0.2) is 0 Å². The third kappa shape index (κ3) is 5.66. The summed E-state index contributed by atoms with van der Waals surface area (Å²) in [4.78, 5) is 2.18. The lowest BCUT2D eigenvalue weighted by atomic mass is 10.1. The highest BCUT2D eigenvalue weighted by Gasteiger charge is 2.16. The zero-order valence-corrected chi connectivity index (χ0v) is 14.2. The van der Waals surface area contributed by atoms with E-state index in [4.69, 9.17) is 0 Å². The van der Waals surface area contributed by atoms with Gasteiger partial charge in [-0.25, -0.2) is 4.39 Å². The number of anilines is 1. The Bertz CT molecular complexity index is 418. The standard InChI is InChI=1S/C18H31FN2/c1-6-15(5)13-21(7-2)18-16(9-8-10-17(18)19)12-20-11-14(3)4/h8-10,14-15,20H,6-7,11-13H2,1-5H3. The second kappa shape index (κ2) is 9.04. The molecule has 0 aliphatic heterocycles. The fourth-order valence-electron chi connectivity index (χ4n) is 2.44. The van der Waals surface area contributed by atoms with Crippen molar-refractivity contribution in [3.05, 3.63) is 29.6 Å². The van der Waals surface area contributed by atoms with Gasteiger partial charge in [0.25, 0.3) is 0 Å². The van der Waals surface area contributed by atoms with Crippen LogP contribution in [-0.4, -0.2) is 19.6 Å². The second-order valence-corrected chi connectivity index (χ2v) is 6.32. The van der Waals surface area contributed by atoms with Gasteiger partial charge in [-0.3, -0.25) is 0 Å². The van der Waals surface area contributed by atoms with Crippen LogP contribution in [0.15, 0.2) is 18.2 Å². The molecule has 1 atom stereocenters. The van der Waals surface area contributed by atoms with Gasteiger partial charge in [-0.05, 0) is 36.9 Å². The minimum Gasteiger partial charge on any atom is -0.369 e. The summed E-state index contributed by atoms with van der Waals surface area (Å²) in [7, 11) is 0. The molecule has 1 aromatic carbocycles. The number of nitrogens with one attached hydrogen (secondary N) is 1. The van der Waals surface area contributed by atoms with Crippen LogP contribution in [0.3, 0.4) is 0 Å².